The largest absolute Gasteiger partial charge is 0.0708 e. The van der Waals surface area contributed by atoms with Crippen molar-refractivity contribution >= 4 is 14.7 Å². The van der Waals surface area contributed by atoms with Crippen molar-refractivity contribution in [2.24, 2.45) is 0 Å². The van der Waals surface area contributed by atoms with Gasteiger partial charge in [0.15, 0.2) is 0 Å². The summed E-state index contributed by atoms with van der Waals surface area (Å²) in [6.07, 6.45) is 0. The summed E-state index contributed by atoms with van der Waals surface area (Å²) in [5.74, 6) is 0. The molecule has 2 rings (SSSR count). The number of hydrogen-bond donors (Lipinski definition) is 0. The zero-order valence-corrected chi connectivity index (χ0v) is 9.82. The van der Waals surface area contributed by atoms with Gasteiger partial charge in [0.1, 0.15) is 0 Å². The van der Waals surface area contributed by atoms with Gasteiger partial charge < -0.3 is 0 Å². The molecule has 1 heteroatoms. The maximum atomic E-state index is 2.32. The summed E-state index contributed by atoms with van der Waals surface area (Å²) in [4.78, 5) is 0. The van der Waals surface area contributed by atoms with Crippen LogP contribution in [0.25, 0.3) is 11.1 Å². The molecule has 0 radical (unpaired) electrons. The van der Waals surface area contributed by atoms with E-state index in [4.69, 9.17) is 0 Å². The van der Waals surface area contributed by atoms with Crippen LogP contribution in [0.1, 0.15) is 0 Å². The van der Waals surface area contributed by atoms with Crippen LogP contribution in [0, 0.1) is 0 Å². The van der Waals surface area contributed by atoms with Crippen molar-refractivity contribution in [1.82, 2.24) is 0 Å². The third kappa shape index (κ3) is 1.94. The Morgan fingerprint density at radius 2 is 1.29 bits per heavy atom. The molecule has 0 aromatic heterocycles. The Kier molecular flexibility index (Phi) is 2.80. The van der Waals surface area contributed by atoms with E-state index in [1.807, 2.05) is 0 Å². The molecular weight excluding hydrogens is 184 g/mol. The van der Waals surface area contributed by atoms with Crippen molar-refractivity contribution in [2.75, 3.05) is 0 Å². The molecular formula is C13H14Si. The van der Waals surface area contributed by atoms with E-state index in [2.05, 4.69) is 61.1 Å². The molecule has 70 valence electrons. The zero-order valence-electron chi connectivity index (χ0n) is 8.40. The van der Waals surface area contributed by atoms with E-state index in [1.54, 1.807) is 0 Å². The van der Waals surface area contributed by atoms with Crippen LogP contribution in [0.2, 0.25) is 6.55 Å². The third-order valence-corrected chi connectivity index (χ3v) is 3.76. The van der Waals surface area contributed by atoms with Gasteiger partial charge in [-0.15, -0.1) is 0 Å². The molecule has 0 aliphatic rings. The second-order valence-electron chi connectivity index (χ2n) is 3.42. The minimum atomic E-state index is -0.00456. The molecule has 0 aliphatic carbocycles. The highest BCUT2D eigenvalue weighted by atomic mass is 28.2. The molecule has 0 atom stereocenters. The van der Waals surface area contributed by atoms with Gasteiger partial charge in [0.2, 0.25) is 0 Å². The van der Waals surface area contributed by atoms with Gasteiger partial charge in [-0.2, -0.15) is 0 Å². The highest BCUT2D eigenvalue weighted by Crippen LogP contribution is 2.16. The minimum Gasteiger partial charge on any atom is -0.0708 e. The summed E-state index contributed by atoms with van der Waals surface area (Å²) >= 11 is 0. The normalized spacial score (nSPS) is 10.9. The lowest BCUT2D eigenvalue weighted by atomic mass is 10.1. The minimum absolute atomic E-state index is 0.00456. The summed E-state index contributed by atoms with van der Waals surface area (Å²) in [5, 5.41) is 1.53. The Morgan fingerprint density at radius 1 is 0.714 bits per heavy atom. The predicted octanol–water partition coefficient (Wildman–Crippen LogP) is 2.20. The summed E-state index contributed by atoms with van der Waals surface area (Å²) in [7, 11) is -0.00456. The first-order valence-electron chi connectivity index (χ1n) is 5.04. The Bertz CT molecular complexity index is 389. The highest BCUT2D eigenvalue weighted by Gasteiger charge is 1.95. The highest BCUT2D eigenvalue weighted by molar-refractivity contribution is 6.51. The number of hydrogen-bond acceptors (Lipinski definition) is 0. The predicted molar refractivity (Wildman–Crippen MR) is 65.9 cm³/mol. The lowest BCUT2D eigenvalue weighted by molar-refractivity contribution is 1.63. The first-order valence-corrected chi connectivity index (χ1v) is 7.16. The Balaban J connectivity index is 2.34. The molecule has 2 aromatic carbocycles. The fourth-order valence-electron chi connectivity index (χ4n) is 1.56. The lowest BCUT2D eigenvalue weighted by Crippen LogP contribution is -2.08. The van der Waals surface area contributed by atoms with Crippen molar-refractivity contribution in [3.63, 3.8) is 0 Å². The van der Waals surface area contributed by atoms with Crippen molar-refractivity contribution < 1.29 is 0 Å². The third-order valence-electron chi connectivity index (χ3n) is 2.47. The van der Waals surface area contributed by atoms with Gasteiger partial charge in [-0.05, 0) is 11.1 Å². The van der Waals surface area contributed by atoms with Crippen LogP contribution in [0.4, 0.5) is 0 Å². The van der Waals surface area contributed by atoms with Crippen molar-refractivity contribution in [1.29, 1.82) is 0 Å². The molecule has 0 saturated heterocycles. The second-order valence-corrected chi connectivity index (χ2v) is 4.94. The van der Waals surface area contributed by atoms with Crippen molar-refractivity contribution in [3.05, 3.63) is 54.6 Å². The van der Waals surface area contributed by atoms with E-state index in [0.29, 0.717) is 0 Å². The molecule has 0 fully saturated rings. The molecule has 0 heterocycles. The summed E-state index contributed by atoms with van der Waals surface area (Å²) in [5.41, 5.74) is 2.62. The first kappa shape index (κ1) is 9.22. The van der Waals surface area contributed by atoms with E-state index in [9.17, 15) is 0 Å². The SMILES string of the molecule is C[SiH2]c1ccc(-c2ccccc2)cc1. The van der Waals surface area contributed by atoms with Gasteiger partial charge in [0.25, 0.3) is 0 Å². The monoisotopic (exact) mass is 198 g/mol. The average Bonchev–Trinajstić information content (AvgIpc) is 2.30. The maximum absolute atomic E-state index is 2.32. The lowest BCUT2D eigenvalue weighted by Gasteiger charge is -2.02. The molecule has 0 bridgehead atoms. The van der Waals surface area contributed by atoms with E-state index < -0.39 is 0 Å². The fraction of sp³-hybridized carbons (Fsp3) is 0.0769. The molecule has 0 saturated carbocycles. The van der Waals surface area contributed by atoms with Gasteiger partial charge in [-0.1, -0.05) is 66.3 Å². The molecule has 0 spiro atoms. The molecule has 0 unspecified atom stereocenters. The molecule has 2 aromatic rings. The molecule has 14 heavy (non-hydrogen) atoms. The number of rotatable bonds is 2. The number of benzene rings is 2. The first-order chi connectivity index (χ1) is 6.90. The zero-order chi connectivity index (χ0) is 9.80. The fourth-order valence-corrected chi connectivity index (χ4v) is 2.27. The van der Waals surface area contributed by atoms with Crippen LogP contribution in [-0.2, 0) is 0 Å². The Hall–Kier alpha value is -1.34. The van der Waals surface area contributed by atoms with Crippen LogP contribution < -0.4 is 5.19 Å². The summed E-state index contributed by atoms with van der Waals surface area (Å²) in [6.45, 7) is 2.32. The van der Waals surface area contributed by atoms with E-state index in [1.165, 1.54) is 16.3 Å². The van der Waals surface area contributed by atoms with Crippen LogP contribution in [0.3, 0.4) is 0 Å². The van der Waals surface area contributed by atoms with E-state index in [-0.39, 0.29) is 9.52 Å². The van der Waals surface area contributed by atoms with Crippen LogP contribution in [0.5, 0.6) is 0 Å². The average molecular weight is 198 g/mol. The van der Waals surface area contributed by atoms with Crippen LogP contribution >= 0.6 is 0 Å². The maximum Gasteiger partial charge on any atom is 0.0517 e. The summed E-state index contributed by atoms with van der Waals surface area (Å²) < 4.78 is 0. The van der Waals surface area contributed by atoms with Crippen LogP contribution in [-0.4, -0.2) is 9.52 Å². The quantitative estimate of drug-likeness (QED) is 0.649. The van der Waals surface area contributed by atoms with Gasteiger partial charge in [-0.3, -0.25) is 0 Å². The summed E-state index contributed by atoms with van der Waals surface area (Å²) in [6, 6.07) is 19.5. The topological polar surface area (TPSA) is 0 Å². The van der Waals surface area contributed by atoms with Crippen LogP contribution in [0.15, 0.2) is 54.6 Å². The molecule has 0 amide bonds. The van der Waals surface area contributed by atoms with Gasteiger partial charge in [-0.25, -0.2) is 0 Å². The Labute approximate surface area is 87.4 Å². The molecule has 0 aliphatic heterocycles. The second kappa shape index (κ2) is 4.25. The smallest absolute Gasteiger partial charge is 0.0517 e. The van der Waals surface area contributed by atoms with Gasteiger partial charge in [0.05, 0.1) is 9.52 Å². The van der Waals surface area contributed by atoms with Gasteiger partial charge >= 0.3 is 0 Å². The van der Waals surface area contributed by atoms with E-state index in [0.717, 1.165) is 0 Å². The van der Waals surface area contributed by atoms with Crippen molar-refractivity contribution in [3.8, 4) is 11.1 Å². The molecule has 0 nitrogen and oxygen atoms in total. The van der Waals surface area contributed by atoms with Crippen molar-refractivity contribution in [2.45, 2.75) is 6.55 Å². The molecule has 0 N–H and O–H groups in total. The van der Waals surface area contributed by atoms with Gasteiger partial charge in [0, 0.05) is 0 Å². The Morgan fingerprint density at radius 3 is 1.86 bits per heavy atom. The standard InChI is InChI=1S/C13H14Si/c1-14-13-9-7-12(8-10-13)11-5-3-2-4-6-11/h2-10H,14H2,1H3. The van der Waals surface area contributed by atoms with E-state index >= 15 is 0 Å².